The van der Waals surface area contributed by atoms with Gasteiger partial charge in [0, 0.05) is 24.6 Å². The van der Waals surface area contributed by atoms with Gasteiger partial charge in [0.2, 0.25) is 0 Å². The smallest absolute Gasteiger partial charge is 0.315 e. The Labute approximate surface area is 122 Å². The number of hydrogen-bond donors (Lipinski definition) is 3. The number of aliphatic hydroxyl groups is 1. The molecule has 0 radical (unpaired) electrons. The first-order valence-electron chi connectivity index (χ1n) is 7.76. The summed E-state index contributed by atoms with van der Waals surface area (Å²) in [5.41, 5.74) is 0.399. The average molecular weight is 280 g/mol. The molecule has 0 bridgehead atoms. The molecule has 1 fully saturated rings. The quantitative estimate of drug-likeness (QED) is 0.695. The van der Waals surface area contributed by atoms with E-state index in [1.54, 1.807) is 0 Å². The molecule has 4 heteroatoms. The van der Waals surface area contributed by atoms with Crippen molar-refractivity contribution in [3.63, 3.8) is 0 Å². The predicted molar refractivity (Wildman–Crippen MR) is 80.4 cm³/mol. The highest BCUT2D eigenvalue weighted by Crippen LogP contribution is 2.38. The van der Waals surface area contributed by atoms with Crippen LogP contribution >= 0.6 is 0 Å². The molecule has 2 amide bonds. The number of hydrogen-bond acceptors (Lipinski definition) is 2. The molecule has 4 nitrogen and oxygen atoms in total. The lowest BCUT2D eigenvalue weighted by Crippen LogP contribution is -2.50. The van der Waals surface area contributed by atoms with E-state index < -0.39 is 0 Å². The van der Waals surface area contributed by atoms with Crippen molar-refractivity contribution in [2.45, 2.75) is 58.5 Å². The van der Waals surface area contributed by atoms with Crippen LogP contribution in [0.3, 0.4) is 0 Å². The predicted octanol–water partition coefficient (Wildman–Crippen LogP) is 2.44. The van der Waals surface area contributed by atoms with Crippen molar-refractivity contribution in [1.82, 2.24) is 10.6 Å². The summed E-state index contributed by atoms with van der Waals surface area (Å²) in [6.07, 6.45) is 8.15. The van der Waals surface area contributed by atoms with Gasteiger partial charge in [-0.2, -0.15) is 0 Å². The summed E-state index contributed by atoms with van der Waals surface area (Å²) in [6.45, 7) is 6.99. The normalized spacial score (nSPS) is 35.8. The highest BCUT2D eigenvalue weighted by Gasteiger charge is 2.33. The maximum atomic E-state index is 12.1. The Morgan fingerprint density at radius 1 is 1.35 bits per heavy atom. The summed E-state index contributed by atoms with van der Waals surface area (Å²) in [4.78, 5) is 12.1. The third-order valence-electron chi connectivity index (χ3n) is 4.73. The molecule has 0 aromatic heterocycles. The molecule has 20 heavy (non-hydrogen) atoms. The van der Waals surface area contributed by atoms with Crippen LogP contribution in [0.1, 0.15) is 46.5 Å². The van der Waals surface area contributed by atoms with Crippen LogP contribution in [0.2, 0.25) is 0 Å². The van der Waals surface area contributed by atoms with Gasteiger partial charge in [-0.25, -0.2) is 4.79 Å². The first-order valence-corrected chi connectivity index (χ1v) is 7.76. The number of carbonyl (C=O) groups is 1. The Morgan fingerprint density at radius 2 is 2.10 bits per heavy atom. The van der Waals surface area contributed by atoms with Gasteiger partial charge in [0.25, 0.3) is 0 Å². The van der Waals surface area contributed by atoms with E-state index in [1.807, 2.05) is 12.2 Å². The summed E-state index contributed by atoms with van der Waals surface area (Å²) in [5.74, 6) is 0.712. The van der Waals surface area contributed by atoms with Crippen LogP contribution < -0.4 is 10.6 Å². The number of urea groups is 1. The van der Waals surface area contributed by atoms with Gasteiger partial charge >= 0.3 is 6.03 Å². The van der Waals surface area contributed by atoms with Gasteiger partial charge in [-0.05, 0) is 37.0 Å². The van der Waals surface area contributed by atoms with Gasteiger partial charge in [0.05, 0.1) is 0 Å². The number of aliphatic hydroxyl groups excluding tert-OH is 1. The second-order valence-corrected chi connectivity index (χ2v) is 7.28. The maximum absolute atomic E-state index is 12.1. The molecule has 0 aromatic carbocycles. The largest absolute Gasteiger partial charge is 0.396 e. The van der Waals surface area contributed by atoms with Crippen LogP contribution in [0, 0.1) is 17.3 Å². The van der Waals surface area contributed by atoms with Crippen LogP contribution in [-0.2, 0) is 0 Å². The highest BCUT2D eigenvalue weighted by atomic mass is 16.3. The standard InChI is InChI=1S/C16H28N2O2/c1-11-9-16(2,3)7-6-14(11)18-15(20)17-13-5-4-12(8-13)10-19/h4-5,11-14,19H,6-10H2,1-3H3,(H2,17,18,20)/t11?,12-,13+,14?/m0/s1. The van der Waals surface area contributed by atoms with E-state index in [0.29, 0.717) is 11.3 Å². The molecule has 2 aliphatic carbocycles. The Hall–Kier alpha value is -1.03. The summed E-state index contributed by atoms with van der Waals surface area (Å²) in [5, 5.41) is 15.2. The third-order valence-corrected chi connectivity index (χ3v) is 4.73. The monoisotopic (exact) mass is 280 g/mol. The van der Waals surface area contributed by atoms with Crippen molar-refractivity contribution < 1.29 is 9.90 Å². The fraction of sp³-hybridized carbons (Fsp3) is 0.812. The van der Waals surface area contributed by atoms with Gasteiger partial charge in [-0.1, -0.05) is 32.9 Å². The summed E-state index contributed by atoms with van der Waals surface area (Å²) in [6, 6.07) is 0.263. The Kier molecular flexibility index (Phi) is 4.74. The fourth-order valence-electron chi connectivity index (χ4n) is 3.56. The van der Waals surface area contributed by atoms with Crippen molar-refractivity contribution in [3.05, 3.63) is 12.2 Å². The van der Waals surface area contributed by atoms with E-state index in [9.17, 15) is 4.79 Å². The topological polar surface area (TPSA) is 61.4 Å². The second kappa shape index (κ2) is 6.17. The van der Waals surface area contributed by atoms with E-state index in [1.165, 1.54) is 0 Å². The van der Waals surface area contributed by atoms with Gasteiger partial charge in [0.1, 0.15) is 0 Å². The van der Waals surface area contributed by atoms with Gasteiger partial charge in [-0.15, -0.1) is 0 Å². The molecule has 0 aromatic rings. The highest BCUT2D eigenvalue weighted by molar-refractivity contribution is 5.75. The first kappa shape index (κ1) is 15.4. The Morgan fingerprint density at radius 3 is 2.70 bits per heavy atom. The fourth-order valence-corrected chi connectivity index (χ4v) is 3.56. The zero-order valence-electron chi connectivity index (χ0n) is 12.9. The molecule has 4 atom stereocenters. The van der Waals surface area contributed by atoms with Crippen LogP contribution in [0.5, 0.6) is 0 Å². The van der Waals surface area contributed by atoms with E-state index >= 15 is 0 Å². The van der Waals surface area contributed by atoms with Crippen LogP contribution in [0.4, 0.5) is 4.79 Å². The lowest BCUT2D eigenvalue weighted by atomic mass is 9.70. The van der Waals surface area contributed by atoms with Crippen molar-refractivity contribution in [2.75, 3.05) is 6.61 Å². The third kappa shape index (κ3) is 3.98. The molecule has 0 spiro atoms. The molecule has 2 unspecified atom stereocenters. The molecular weight excluding hydrogens is 252 g/mol. The van der Waals surface area contributed by atoms with Crippen LogP contribution in [-0.4, -0.2) is 29.8 Å². The molecule has 0 saturated heterocycles. The van der Waals surface area contributed by atoms with Gasteiger partial charge in [-0.3, -0.25) is 0 Å². The van der Waals surface area contributed by atoms with Crippen molar-refractivity contribution in [2.24, 2.45) is 17.3 Å². The molecule has 3 N–H and O–H groups in total. The summed E-state index contributed by atoms with van der Waals surface area (Å²) >= 11 is 0. The average Bonchev–Trinajstić information content (AvgIpc) is 2.80. The minimum Gasteiger partial charge on any atom is -0.396 e. The number of nitrogens with one attached hydrogen (secondary N) is 2. The molecule has 1 saturated carbocycles. The summed E-state index contributed by atoms with van der Waals surface area (Å²) in [7, 11) is 0. The lowest BCUT2D eigenvalue weighted by molar-refractivity contribution is 0.149. The molecular formula is C16H28N2O2. The lowest BCUT2D eigenvalue weighted by Gasteiger charge is -2.39. The molecule has 0 heterocycles. The van der Waals surface area contributed by atoms with Crippen LogP contribution in [0.25, 0.3) is 0 Å². The summed E-state index contributed by atoms with van der Waals surface area (Å²) < 4.78 is 0. The van der Waals surface area contributed by atoms with Crippen molar-refractivity contribution >= 4 is 6.03 Å². The number of rotatable bonds is 3. The zero-order chi connectivity index (χ0) is 14.8. The van der Waals surface area contributed by atoms with Crippen LogP contribution in [0.15, 0.2) is 12.2 Å². The Balaban J connectivity index is 1.76. The molecule has 2 aliphatic rings. The first-order chi connectivity index (χ1) is 9.39. The van der Waals surface area contributed by atoms with Gasteiger partial charge < -0.3 is 15.7 Å². The van der Waals surface area contributed by atoms with E-state index in [4.69, 9.17) is 5.11 Å². The SMILES string of the molecule is CC1CC(C)(C)CCC1NC(=O)N[C@@H]1C=C[C@H](CO)C1. The van der Waals surface area contributed by atoms with Crippen molar-refractivity contribution in [3.8, 4) is 0 Å². The van der Waals surface area contributed by atoms with Crippen molar-refractivity contribution in [1.29, 1.82) is 0 Å². The molecule has 2 rings (SSSR count). The number of carbonyl (C=O) groups excluding carboxylic acids is 1. The maximum Gasteiger partial charge on any atom is 0.315 e. The minimum atomic E-state index is -0.0743. The Bertz CT molecular complexity index is 379. The minimum absolute atomic E-state index is 0.0579. The van der Waals surface area contributed by atoms with Gasteiger partial charge in [0.15, 0.2) is 0 Å². The zero-order valence-corrected chi connectivity index (χ0v) is 12.9. The van der Waals surface area contributed by atoms with E-state index in [2.05, 4.69) is 31.4 Å². The number of amides is 2. The van der Waals surface area contributed by atoms with E-state index in [0.717, 1.165) is 25.7 Å². The molecule has 0 aliphatic heterocycles. The second-order valence-electron chi connectivity index (χ2n) is 7.28. The molecule has 114 valence electrons. The van der Waals surface area contributed by atoms with E-state index in [-0.39, 0.29) is 30.6 Å².